The van der Waals surface area contributed by atoms with Gasteiger partial charge in [-0.05, 0) is 85.4 Å². The van der Waals surface area contributed by atoms with Crippen molar-refractivity contribution >= 4 is 11.6 Å². The van der Waals surface area contributed by atoms with Crippen molar-refractivity contribution in [1.29, 1.82) is 0 Å². The lowest BCUT2D eigenvalue weighted by atomic mass is 9.64. The molecule has 0 heterocycles. The molecule has 4 aliphatic carbocycles. The third kappa shape index (κ3) is 1.67. The molecule has 3 saturated carbocycles. The van der Waals surface area contributed by atoms with Gasteiger partial charge in [0.15, 0.2) is 0 Å². The molecule has 0 saturated heterocycles. The molecule has 1 spiro atoms. The van der Waals surface area contributed by atoms with Crippen LogP contribution in [0.2, 0.25) is 0 Å². The summed E-state index contributed by atoms with van der Waals surface area (Å²) in [5.41, 5.74) is 0.704. The lowest BCUT2D eigenvalue weighted by molar-refractivity contribution is 0.0865. The minimum absolute atomic E-state index is 0.704. The van der Waals surface area contributed by atoms with Crippen molar-refractivity contribution < 1.29 is 0 Å². The monoisotopic (exact) mass is 292 g/mol. The first-order chi connectivity index (χ1) is 9.67. The van der Waals surface area contributed by atoms with E-state index in [1.807, 2.05) is 0 Å². The molecule has 0 aromatic heterocycles. The van der Waals surface area contributed by atoms with Crippen LogP contribution in [0.4, 0.5) is 0 Å². The van der Waals surface area contributed by atoms with Gasteiger partial charge in [0.2, 0.25) is 0 Å². The Balaban J connectivity index is 1.68. The van der Waals surface area contributed by atoms with Crippen LogP contribution >= 0.6 is 11.6 Å². The number of rotatable bonds is 2. The van der Waals surface area contributed by atoms with E-state index in [9.17, 15) is 0 Å². The summed E-state index contributed by atoms with van der Waals surface area (Å²) in [6, 6.07) is 0. The van der Waals surface area contributed by atoms with E-state index < -0.39 is 0 Å². The molecule has 0 aromatic carbocycles. The van der Waals surface area contributed by atoms with Gasteiger partial charge in [0.1, 0.15) is 0 Å². The summed E-state index contributed by atoms with van der Waals surface area (Å²) >= 11 is 6.08. The number of fused-ring (bicyclic) bond motifs is 3. The van der Waals surface area contributed by atoms with Gasteiger partial charge < -0.3 is 0 Å². The van der Waals surface area contributed by atoms with Crippen LogP contribution in [0, 0.1) is 46.8 Å². The van der Waals surface area contributed by atoms with Crippen LogP contribution < -0.4 is 0 Å². The van der Waals surface area contributed by atoms with Gasteiger partial charge in [-0.25, -0.2) is 0 Å². The molecule has 112 valence electrons. The van der Waals surface area contributed by atoms with Crippen LogP contribution in [-0.4, -0.2) is 5.88 Å². The molecule has 0 amide bonds. The Bertz CT molecular complexity index is 414. The molecule has 0 aliphatic heterocycles. The highest BCUT2D eigenvalue weighted by molar-refractivity contribution is 6.17. The average molecular weight is 293 g/mol. The highest BCUT2D eigenvalue weighted by Gasteiger charge is 2.64. The molecule has 20 heavy (non-hydrogen) atoms. The lowest BCUT2D eigenvalue weighted by Gasteiger charge is -2.40. The van der Waals surface area contributed by atoms with Crippen molar-refractivity contribution in [2.24, 2.45) is 46.8 Å². The van der Waals surface area contributed by atoms with Crippen LogP contribution in [0.5, 0.6) is 0 Å². The van der Waals surface area contributed by atoms with Gasteiger partial charge in [0.25, 0.3) is 0 Å². The topological polar surface area (TPSA) is 0 Å². The molecule has 0 aromatic rings. The highest BCUT2D eigenvalue weighted by atomic mass is 35.5. The quantitative estimate of drug-likeness (QED) is 0.464. The summed E-state index contributed by atoms with van der Waals surface area (Å²) in [6.07, 6.45) is 13.7. The summed E-state index contributed by atoms with van der Waals surface area (Å²) in [4.78, 5) is 0. The first-order valence-electron chi connectivity index (χ1n) is 8.90. The SMILES string of the molecule is CC1C=CCC2C1C(C)C13CC(CCCl)C(CCC21)C3. The first-order valence-corrected chi connectivity index (χ1v) is 9.43. The Kier molecular flexibility index (Phi) is 3.26. The summed E-state index contributed by atoms with van der Waals surface area (Å²) in [7, 11) is 0. The van der Waals surface area contributed by atoms with Crippen molar-refractivity contribution in [2.75, 3.05) is 5.88 Å². The number of halogens is 1. The van der Waals surface area contributed by atoms with E-state index in [0.29, 0.717) is 5.41 Å². The van der Waals surface area contributed by atoms with Crippen molar-refractivity contribution in [1.82, 2.24) is 0 Å². The van der Waals surface area contributed by atoms with Crippen molar-refractivity contribution in [3.05, 3.63) is 12.2 Å². The molecule has 8 unspecified atom stereocenters. The third-order valence-electron chi connectivity index (χ3n) is 7.97. The predicted octanol–water partition coefficient (Wildman–Crippen LogP) is 5.52. The van der Waals surface area contributed by atoms with E-state index in [1.54, 1.807) is 6.42 Å². The highest BCUT2D eigenvalue weighted by Crippen LogP contribution is 2.71. The van der Waals surface area contributed by atoms with Crippen LogP contribution in [0.3, 0.4) is 0 Å². The Labute approximate surface area is 129 Å². The maximum Gasteiger partial charge on any atom is 0.0226 e. The Morgan fingerprint density at radius 3 is 2.85 bits per heavy atom. The average Bonchev–Trinajstić information content (AvgIpc) is 2.86. The van der Waals surface area contributed by atoms with Crippen molar-refractivity contribution in [3.63, 3.8) is 0 Å². The normalized spacial score (nSPS) is 56.6. The van der Waals surface area contributed by atoms with Gasteiger partial charge >= 0.3 is 0 Å². The Hall–Kier alpha value is 0.0300. The molecule has 3 fully saturated rings. The fourth-order valence-corrected chi connectivity index (χ4v) is 7.59. The zero-order valence-corrected chi connectivity index (χ0v) is 13.8. The molecular weight excluding hydrogens is 264 g/mol. The van der Waals surface area contributed by atoms with E-state index in [2.05, 4.69) is 26.0 Å². The number of allylic oxidation sites excluding steroid dienone is 2. The number of alkyl halides is 1. The second kappa shape index (κ2) is 4.77. The molecule has 8 atom stereocenters. The van der Waals surface area contributed by atoms with E-state index in [0.717, 1.165) is 47.3 Å². The standard InChI is InChI=1S/C19H29Cl/c1-12-4-3-5-16-17-7-6-14-10-19(17,13(2)18(12)16)11-15(14)8-9-20/h3-4,12-18H,5-11H2,1-2H3. The maximum atomic E-state index is 6.08. The molecule has 4 rings (SSSR count). The van der Waals surface area contributed by atoms with Gasteiger partial charge in [-0.1, -0.05) is 26.0 Å². The number of hydrogen-bond donors (Lipinski definition) is 0. The predicted molar refractivity (Wildman–Crippen MR) is 85.8 cm³/mol. The molecule has 0 radical (unpaired) electrons. The van der Waals surface area contributed by atoms with Crippen LogP contribution in [0.25, 0.3) is 0 Å². The molecule has 4 aliphatic rings. The van der Waals surface area contributed by atoms with E-state index >= 15 is 0 Å². The third-order valence-corrected chi connectivity index (χ3v) is 8.19. The Morgan fingerprint density at radius 2 is 2.05 bits per heavy atom. The van der Waals surface area contributed by atoms with Crippen molar-refractivity contribution in [2.45, 2.75) is 52.4 Å². The summed E-state index contributed by atoms with van der Waals surface area (Å²) in [5, 5.41) is 0. The van der Waals surface area contributed by atoms with Gasteiger partial charge in [0, 0.05) is 5.88 Å². The lowest BCUT2D eigenvalue weighted by Crippen LogP contribution is -2.33. The zero-order valence-electron chi connectivity index (χ0n) is 13.0. The van der Waals surface area contributed by atoms with E-state index in [1.165, 1.54) is 32.1 Å². The minimum Gasteiger partial charge on any atom is -0.127 e. The Morgan fingerprint density at radius 1 is 1.20 bits per heavy atom. The largest absolute Gasteiger partial charge is 0.127 e. The molecule has 0 N–H and O–H groups in total. The number of hydrogen-bond acceptors (Lipinski definition) is 0. The molecule has 1 heteroatoms. The van der Waals surface area contributed by atoms with Crippen LogP contribution in [-0.2, 0) is 0 Å². The molecular formula is C19H29Cl. The maximum absolute atomic E-state index is 6.08. The van der Waals surface area contributed by atoms with E-state index in [4.69, 9.17) is 11.6 Å². The minimum atomic E-state index is 0.704. The van der Waals surface area contributed by atoms with E-state index in [-0.39, 0.29) is 0 Å². The fraction of sp³-hybridized carbons (Fsp3) is 0.895. The zero-order chi connectivity index (χ0) is 13.9. The smallest absolute Gasteiger partial charge is 0.0226 e. The van der Waals surface area contributed by atoms with Crippen LogP contribution in [0.15, 0.2) is 12.2 Å². The second-order valence-corrected chi connectivity index (χ2v) is 8.75. The first kappa shape index (κ1) is 13.7. The van der Waals surface area contributed by atoms with Crippen LogP contribution in [0.1, 0.15) is 52.4 Å². The molecule has 0 nitrogen and oxygen atoms in total. The van der Waals surface area contributed by atoms with Gasteiger partial charge in [0.05, 0.1) is 0 Å². The van der Waals surface area contributed by atoms with Gasteiger partial charge in [-0.2, -0.15) is 0 Å². The second-order valence-electron chi connectivity index (χ2n) is 8.38. The summed E-state index contributed by atoms with van der Waals surface area (Å²) < 4.78 is 0. The van der Waals surface area contributed by atoms with Crippen molar-refractivity contribution in [3.8, 4) is 0 Å². The summed E-state index contributed by atoms with van der Waals surface area (Å²) in [6.45, 7) is 5.08. The molecule has 2 bridgehead atoms. The summed E-state index contributed by atoms with van der Waals surface area (Å²) in [5.74, 6) is 7.60. The van der Waals surface area contributed by atoms with Gasteiger partial charge in [-0.15, -0.1) is 11.6 Å². The van der Waals surface area contributed by atoms with Gasteiger partial charge in [-0.3, -0.25) is 0 Å². The fourth-order valence-electron chi connectivity index (χ4n) is 7.31.